The third kappa shape index (κ3) is 6.95. The Morgan fingerprint density at radius 3 is 2.46 bits per heavy atom. The second-order valence-corrected chi connectivity index (χ2v) is 9.21. The van der Waals surface area contributed by atoms with E-state index in [4.69, 9.17) is 9.72 Å². The Morgan fingerprint density at radius 1 is 0.943 bits per heavy atom. The van der Waals surface area contributed by atoms with E-state index < -0.39 is 0 Å². The summed E-state index contributed by atoms with van der Waals surface area (Å²) in [4.78, 5) is 17.2. The summed E-state index contributed by atoms with van der Waals surface area (Å²) >= 11 is 0. The van der Waals surface area contributed by atoms with E-state index in [0.717, 1.165) is 47.6 Å². The second kappa shape index (κ2) is 12.2. The molecule has 0 spiro atoms. The van der Waals surface area contributed by atoms with Crippen molar-refractivity contribution in [3.05, 3.63) is 95.8 Å². The largest absolute Gasteiger partial charge is 0.494 e. The molecule has 0 aliphatic rings. The number of nitrogens with zero attached hydrogens (tertiary/aromatic N) is 2. The first-order valence-electron chi connectivity index (χ1n) is 12.6. The third-order valence-corrected chi connectivity index (χ3v) is 6.20. The standard InChI is InChI=1S/C30H35N3O2/c1-23(2)25-14-16-26(17-15-25)35-21-9-8-20-33-28-13-7-6-12-27(28)32-29(33)18-19-31-30(34)22-24-10-4-3-5-11-24/h3-7,10-17,23H,8-9,18-22H2,1-2H3,(H,31,34). The Morgan fingerprint density at radius 2 is 1.69 bits per heavy atom. The lowest BCUT2D eigenvalue weighted by molar-refractivity contribution is -0.120. The van der Waals surface area contributed by atoms with Gasteiger partial charge in [0.15, 0.2) is 0 Å². The van der Waals surface area contributed by atoms with Crippen molar-refractivity contribution in [2.24, 2.45) is 0 Å². The van der Waals surface area contributed by atoms with Gasteiger partial charge in [-0.1, -0.05) is 68.4 Å². The Balaban J connectivity index is 1.28. The van der Waals surface area contributed by atoms with E-state index in [1.807, 2.05) is 42.5 Å². The van der Waals surface area contributed by atoms with Crippen LogP contribution in [0.1, 0.15) is 49.6 Å². The molecular formula is C30H35N3O2. The molecule has 35 heavy (non-hydrogen) atoms. The minimum atomic E-state index is 0.0393. The van der Waals surface area contributed by atoms with Crippen LogP contribution in [0.15, 0.2) is 78.9 Å². The maximum Gasteiger partial charge on any atom is 0.224 e. The van der Waals surface area contributed by atoms with Crippen molar-refractivity contribution in [2.75, 3.05) is 13.2 Å². The predicted octanol–water partition coefficient (Wildman–Crippen LogP) is 5.92. The van der Waals surface area contributed by atoms with Crippen molar-refractivity contribution in [1.82, 2.24) is 14.9 Å². The number of ether oxygens (including phenoxy) is 1. The molecule has 4 aromatic rings. The van der Waals surface area contributed by atoms with Crippen LogP contribution in [0.25, 0.3) is 11.0 Å². The van der Waals surface area contributed by atoms with Crippen molar-refractivity contribution >= 4 is 16.9 Å². The molecule has 0 fully saturated rings. The maximum atomic E-state index is 12.3. The number of benzene rings is 3. The topological polar surface area (TPSA) is 56.1 Å². The molecule has 5 heteroatoms. The van der Waals surface area contributed by atoms with Gasteiger partial charge in [-0.15, -0.1) is 0 Å². The average molecular weight is 470 g/mol. The van der Waals surface area contributed by atoms with Gasteiger partial charge in [-0.05, 0) is 54.2 Å². The summed E-state index contributed by atoms with van der Waals surface area (Å²) in [5, 5.41) is 3.04. The summed E-state index contributed by atoms with van der Waals surface area (Å²) in [5.74, 6) is 2.50. The maximum absolute atomic E-state index is 12.3. The van der Waals surface area contributed by atoms with E-state index in [0.29, 0.717) is 31.9 Å². The molecule has 0 aliphatic heterocycles. The van der Waals surface area contributed by atoms with Gasteiger partial charge in [0.05, 0.1) is 24.1 Å². The van der Waals surface area contributed by atoms with E-state index in [1.54, 1.807) is 0 Å². The number of carbonyl (C=O) groups is 1. The summed E-state index contributed by atoms with van der Waals surface area (Å²) in [6, 6.07) is 26.5. The lowest BCUT2D eigenvalue weighted by atomic mass is 10.0. The quantitative estimate of drug-likeness (QED) is 0.262. The number of aryl methyl sites for hydroxylation is 1. The number of fused-ring (bicyclic) bond motifs is 1. The molecule has 0 radical (unpaired) electrons. The van der Waals surface area contributed by atoms with E-state index in [-0.39, 0.29) is 5.91 Å². The highest BCUT2D eigenvalue weighted by Gasteiger charge is 2.11. The van der Waals surface area contributed by atoms with Crippen molar-refractivity contribution < 1.29 is 9.53 Å². The van der Waals surface area contributed by atoms with Gasteiger partial charge in [-0.2, -0.15) is 0 Å². The van der Waals surface area contributed by atoms with Crippen LogP contribution in [0, 0.1) is 0 Å². The molecule has 1 heterocycles. The number of unbranched alkanes of at least 4 members (excludes halogenated alkanes) is 1. The van der Waals surface area contributed by atoms with Gasteiger partial charge in [0.25, 0.3) is 0 Å². The zero-order chi connectivity index (χ0) is 24.5. The number of imidazole rings is 1. The normalized spacial score (nSPS) is 11.2. The molecule has 1 amide bonds. The average Bonchev–Trinajstić information content (AvgIpc) is 3.22. The SMILES string of the molecule is CC(C)c1ccc(OCCCCn2c(CCNC(=O)Cc3ccccc3)nc3ccccc32)cc1. The fraction of sp³-hybridized carbons (Fsp3) is 0.333. The molecule has 4 rings (SSSR count). The zero-order valence-corrected chi connectivity index (χ0v) is 20.7. The molecule has 0 bridgehead atoms. The molecule has 5 nitrogen and oxygen atoms in total. The Kier molecular flexibility index (Phi) is 8.55. The summed E-state index contributed by atoms with van der Waals surface area (Å²) in [5.41, 5.74) is 4.49. The van der Waals surface area contributed by atoms with Crippen LogP contribution in [0.4, 0.5) is 0 Å². The smallest absolute Gasteiger partial charge is 0.224 e. The minimum Gasteiger partial charge on any atom is -0.494 e. The van der Waals surface area contributed by atoms with Gasteiger partial charge in [0.2, 0.25) is 5.91 Å². The number of hydrogen-bond acceptors (Lipinski definition) is 3. The molecule has 0 unspecified atom stereocenters. The van der Waals surface area contributed by atoms with Crippen LogP contribution in [0.5, 0.6) is 5.75 Å². The second-order valence-electron chi connectivity index (χ2n) is 9.21. The lowest BCUT2D eigenvalue weighted by Crippen LogP contribution is -2.28. The van der Waals surface area contributed by atoms with Gasteiger partial charge in [-0.25, -0.2) is 4.98 Å². The van der Waals surface area contributed by atoms with E-state index in [9.17, 15) is 4.79 Å². The molecule has 0 atom stereocenters. The summed E-state index contributed by atoms with van der Waals surface area (Å²) in [6.07, 6.45) is 3.06. The molecule has 3 aromatic carbocycles. The highest BCUT2D eigenvalue weighted by atomic mass is 16.5. The minimum absolute atomic E-state index is 0.0393. The summed E-state index contributed by atoms with van der Waals surface area (Å²) < 4.78 is 8.23. The lowest BCUT2D eigenvalue weighted by Gasteiger charge is -2.11. The van der Waals surface area contributed by atoms with Gasteiger partial charge in [0.1, 0.15) is 11.6 Å². The number of hydrogen-bond donors (Lipinski definition) is 1. The van der Waals surface area contributed by atoms with Crippen LogP contribution in [0.2, 0.25) is 0 Å². The van der Waals surface area contributed by atoms with Gasteiger partial charge in [-0.3, -0.25) is 4.79 Å². The molecule has 0 saturated carbocycles. The van der Waals surface area contributed by atoms with Crippen LogP contribution in [-0.4, -0.2) is 28.6 Å². The zero-order valence-electron chi connectivity index (χ0n) is 20.7. The summed E-state index contributed by atoms with van der Waals surface area (Å²) in [7, 11) is 0. The van der Waals surface area contributed by atoms with E-state index >= 15 is 0 Å². The van der Waals surface area contributed by atoms with Crippen molar-refractivity contribution in [3.8, 4) is 5.75 Å². The van der Waals surface area contributed by atoms with Crippen molar-refractivity contribution in [1.29, 1.82) is 0 Å². The molecule has 0 aliphatic carbocycles. The van der Waals surface area contributed by atoms with Crippen molar-refractivity contribution in [2.45, 2.75) is 52.0 Å². The molecule has 1 aromatic heterocycles. The first-order chi connectivity index (χ1) is 17.1. The van der Waals surface area contributed by atoms with E-state index in [2.05, 4.69) is 60.1 Å². The third-order valence-electron chi connectivity index (χ3n) is 6.20. The summed E-state index contributed by atoms with van der Waals surface area (Å²) in [6.45, 7) is 6.54. The monoisotopic (exact) mass is 469 g/mol. The Bertz CT molecular complexity index is 1210. The van der Waals surface area contributed by atoms with Gasteiger partial charge < -0.3 is 14.6 Å². The number of amides is 1. The molecule has 1 N–H and O–H groups in total. The molecule has 182 valence electrons. The Labute approximate surface area is 208 Å². The number of aromatic nitrogens is 2. The first-order valence-corrected chi connectivity index (χ1v) is 12.6. The number of para-hydroxylation sites is 2. The van der Waals surface area contributed by atoms with Crippen LogP contribution in [0.3, 0.4) is 0 Å². The number of carbonyl (C=O) groups excluding carboxylic acids is 1. The highest BCUT2D eigenvalue weighted by molar-refractivity contribution is 5.78. The number of rotatable bonds is 12. The Hall–Kier alpha value is -3.60. The fourth-order valence-electron chi connectivity index (χ4n) is 4.23. The predicted molar refractivity (Wildman–Crippen MR) is 142 cm³/mol. The molecule has 0 saturated heterocycles. The number of nitrogens with one attached hydrogen (secondary N) is 1. The van der Waals surface area contributed by atoms with Crippen LogP contribution < -0.4 is 10.1 Å². The first kappa shape index (κ1) is 24.5. The molecular weight excluding hydrogens is 434 g/mol. The highest BCUT2D eigenvalue weighted by Crippen LogP contribution is 2.20. The van der Waals surface area contributed by atoms with Gasteiger partial charge >= 0.3 is 0 Å². The van der Waals surface area contributed by atoms with Crippen LogP contribution in [-0.2, 0) is 24.2 Å². The fourth-order valence-corrected chi connectivity index (χ4v) is 4.23. The van der Waals surface area contributed by atoms with Crippen LogP contribution >= 0.6 is 0 Å². The van der Waals surface area contributed by atoms with Crippen molar-refractivity contribution in [3.63, 3.8) is 0 Å². The van der Waals surface area contributed by atoms with E-state index in [1.165, 1.54) is 5.56 Å². The van der Waals surface area contributed by atoms with Gasteiger partial charge in [0, 0.05) is 19.5 Å².